The van der Waals surface area contributed by atoms with Gasteiger partial charge in [-0.15, -0.1) is 0 Å². The van der Waals surface area contributed by atoms with E-state index in [9.17, 15) is 0 Å². The maximum absolute atomic E-state index is 6.22. The fourth-order valence-electron chi connectivity index (χ4n) is 3.80. The summed E-state index contributed by atoms with van der Waals surface area (Å²) in [6.07, 6.45) is 2.99. The Morgan fingerprint density at radius 1 is 1.14 bits per heavy atom. The van der Waals surface area contributed by atoms with E-state index in [0.29, 0.717) is 18.4 Å². The molecule has 5 nitrogen and oxygen atoms in total. The Morgan fingerprint density at radius 2 is 1.79 bits per heavy atom. The predicted molar refractivity (Wildman–Crippen MR) is 120 cm³/mol. The Labute approximate surface area is 174 Å². The molecule has 0 amide bonds. The molecule has 1 atom stereocenters. The van der Waals surface area contributed by atoms with Crippen molar-refractivity contribution in [3.05, 3.63) is 59.7 Å². The number of nitrogens with zero attached hydrogens (tertiary/aromatic N) is 1. The third kappa shape index (κ3) is 5.30. The molecule has 3 rings (SSSR count). The molecule has 1 aliphatic rings. The summed E-state index contributed by atoms with van der Waals surface area (Å²) in [4.78, 5) is 4.70. The zero-order valence-corrected chi connectivity index (χ0v) is 17.8. The normalized spacial score (nSPS) is 17.6. The van der Waals surface area contributed by atoms with Crippen molar-refractivity contribution in [1.29, 1.82) is 0 Å². The minimum atomic E-state index is -0.0583. The van der Waals surface area contributed by atoms with Crippen molar-refractivity contribution in [2.45, 2.75) is 44.4 Å². The van der Waals surface area contributed by atoms with Crippen LogP contribution < -0.4 is 15.8 Å². The molecular formula is C24H33N3O2. The van der Waals surface area contributed by atoms with Crippen LogP contribution in [0.3, 0.4) is 0 Å². The zero-order chi connectivity index (χ0) is 20.7. The van der Waals surface area contributed by atoms with Gasteiger partial charge in [0.25, 0.3) is 0 Å². The molecule has 1 aliphatic heterocycles. The minimum Gasteiger partial charge on any atom is -0.497 e. The lowest BCUT2D eigenvalue weighted by molar-refractivity contribution is 0.0531. The van der Waals surface area contributed by atoms with Gasteiger partial charge in [-0.05, 0) is 60.6 Å². The molecule has 156 valence electrons. The molecule has 0 aliphatic carbocycles. The second-order valence-corrected chi connectivity index (χ2v) is 7.88. The summed E-state index contributed by atoms with van der Waals surface area (Å²) < 4.78 is 10.9. The highest BCUT2D eigenvalue weighted by atomic mass is 16.5. The molecule has 0 radical (unpaired) electrons. The zero-order valence-electron chi connectivity index (χ0n) is 17.8. The Balaban J connectivity index is 1.71. The number of nitrogens with two attached hydrogens (primary N) is 1. The average Bonchev–Trinajstić information content (AvgIpc) is 2.78. The van der Waals surface area contributed by atoms with E-state index in [0.717, 1.165) is 43.9 Å². The SMILES string of the molecule is CCC(C)c1ccc(NC(N)=NCC2(c3ccc(OC)cc3)CCOCC2)cc1. The second kappa shape index (κ2) is 9.79. The Hall–Kier alpha value is -2.53. The number of rotatable bonds is 7. The van der Waals surface area contributed by atoms with Gasteiger partial charge >= 0.3 is 0 Å². The number of methoxy groups -OCH3 is 1. The number of anilines is 1. The summed E-state index contributed by atoms with van der Waals surface area (Å²) in [6, 6.07) is 16.7. The highest BCUT2D eigenvalue weighted by Gasteiger charge is 2.34. The molecule has 1 unspecified atom stereocenters. The van der Waals surface area contributed by atoms with Crippen LogP contribution in [0.25, 0.3) is 0 Å². The fourth-order valence-corrected chi connectivity index (χ4v) is 3.80. The van der Waals surface area contributed by atoms with Crippen molar-refractivity contribution in [2.75, 3.05) is 32.2 Å². The number of nitrogens with one attached hydrogen (secondary N) is 1. The Bertz CT molecular complexity index is 794. The average molecular weight is 396 g/mol. The molecular weight excluding hydrogens is 362 g/mol. The van der Waals surface area contributed by atoms with E-state index in [-0.39, 0.29) is 5.41 Å². The van der Waals surface area contributed by atoms with Crippen molar-refractivity contribution < 1.29 is 9.47 Å². The summed E-state index contributed by atoms with van der Waals surface area (Å²) >= 11 is 0. The van der Waals surface area contributed by atoms with Crippen LogP contribution >= 0.6 is 0 Å². The van der Waals surface area contributed by atoms with Crippen molar-refractivity contribution in [3.63, 3.8) is 0 Å². The monoisotopic (exact) mass is 395 g/mol. The van der Waals surface area contributed by atoms with Gasteiger partial charge in [0.2, 0.25) is 0 Å². The summed E-state index contributed by atoms with van der Waals surface area (Å²) in [6.45, 7) is 6.56. The van der Waals surface area contributed by atoms with Gasteiger partial charge in [-0.3, -0.25) is 4.99 Å². The molecule has 1 fully saturated rings. The molecule has 2 aromatic rings. The molecule has 1 heterocycles. The maximum Gasteiger partial charge on any atom is 0.193 e. The topological polar surface area (TPSA) is 68.9 Å². The summed E-state index contributed by atoms with van der Waals surface area (Å²) in [5.41, 5.74) is 9.72. The van der Waals surface area contributed by atoms with E-state index in [4.69, 9.17) is 20.2 Å². The summed E-state index contributed by atoms with van der Waals surface area (Å²) in [5, 5.41) is 3.23. The molecule has 3 N–H and O–H groups in total. The third-order valence-electron chi connectivity index (χ3n) is 6.07. The van der Waals surface area contributed by atoms with Gasteiger partial charge in [-0.2, -0.15) is 0 Å². The molecule has 5 heteroatoms. The second-order valence-electron chi connectivity index (χ2n) is 7.88. The predicted octanol–water partition coefficient (Wildman–Crippen LogP) is 4.68. The lowest BCUT2D eigenvalue weighted by Gasteiger charge is -2.36. The number of guanidine groups is 1. The van der Waals surface area contributed by atoms with E-state index in [1.54, 1.807) is 7.11 Å². The standard InChI is InChI=1S/C24H33N3O2/c1-4-18(2)19-5-9-21(10-6-19)27-23(25)26-17-24(13-15-29-16-14-24)20-7-11-22(28-3)12-8-20/h5-12,18H,4,13-17H2,1-3H3,(H3,25,26,27). The van der Waals surface area contributed by atoms with Crippen LogP contribution in [0.4, 0.5) is 5.69 Å². The van der Waals surface area contributed by atoms with Gasteiger partial charge in [0.05, 0.1) is 13.7 Å². The first-order valence-electron chi connectivity index (χ1n) is 10.5. The largest absolute Gasteiger partial charge is 0.497 e. The van der Waals surface area contributed by atoms with Crippen LogP contribution in [0.2, 0.25) is 0 Å². The Kier molecular flexibility index (Phi) is 7.15. The molecule has 0 spiro atoms. The molecule has 1 saturated heterocycles. The van der Waals surface area contributed by atoms with E-state index in [1.165, 1.54) is 11.1 Å². The van der Waals surface area contributed by atoms with Gasteiger partial charge in [0.1, 0.15) is 5.75 Å². The van der Waals surface area contributed by atoms with E-state index in [1.807, 2.05) is 12.1 Å². The third-order valence-corrected chi connectivity index (χ3v) is 6.07. The van der Waals surface area contributed by atoms with Crippen LogP contribution in [-0.2, 0) is 10.2 Å². The van der Waals surface area contributed by atoms with Crippen molar-refractivity contribution in [1.82, 2.24) is 0 Å². The van der Waals surface area contributed by atoms with Crippen molar-refractivity contribution >= 4 is 11.6 Å². The van der Waals surface area contributed by atoms with Gasteiger partial charge in [-0.1, -0.05) is 38.1 Å². The van der Waals surface area contributed by atoms with Gasteiger partial charge in [0, 0.05) is 24.3 Å². The first-order valence-corrected chi connectivity index (χ1v) is 10.5. The lowest BCUT2D eigenvalue weighted by Crippen LogP contribution is -2.38. The quantitative estimate of drug-likeness (QED) is 0.527. The highest BCUT2D eigenvalue weighted by molar-refractivity contribution is 5.92. The summed E-state index contributed by atoms with van der Waals surface area (Å²) in [5.74, 6) is 1.87. The van der Waals surface area contributed by atoms with Crippen LogP contribution in [0.5, 0.6) is 5.75 Å². The molecule has 0 saturated carbocycles. The fraction of sp³-hybridized carbons (Fsp3) is 0.458. The van der Waals surface area contributed by atoms with Gasteiger partial charge in [-0.25, -0.2) is 0 Å². The van der Waals surface area contributed by atoms with Crippen molar-refractivity contribution in [2.24, 2.45) is 10.7 Å². The molecule has 0 aromatic heterocycles. The number of benzene rings is 2. The van der Waals surface area contributed by atoms with Crippen LogP contribution in [0.15, 0.2) is 53.5 Å². The smallest absolute Gasteiger partial charge is 0.193 e. The van der Waals surface area contributed by atoms with E-state index >= 15 is 0 Å². The first kappa shape index (κ1) is 21.2. The summed E-state index contributed by atoms with van der Waals surface area (Å²) in [7, 11) is 1.69. The van der Waals surface area contributed by atoms with Crippen LogP contribution in [0.1, 0.15) is 50.2 Å². The number of hydrogen-bond donors (Lipinski definition) is 2. The van der Waals surface area contributed by atoms with Crippen LogP contribution in [0, 0.1) is 0 Å². The number of ether oxygens (including phenoxy) is 2. The van der Waals surface area contributed by atoms with E-state index in [2.05, 4.69) is 55.6 Å². The highest BCUT2D eigenvalue weighted by Crippen LogP contribution is 2.36. The maximum atomic E-state index is 6.22. The number of aliphatic imine (C=N–C) groups is 1. The first-order chi connectivity index (χ1) is 14.1. The molecule has 29 heavy (non-hydrogen) atoms. The Morgan fingerprint density at radius 3 is 2.38 bits per heavy atom. The van der Waals surface area contributed by atoms with Crippen molar-refractivity contribution in [3.8, 4) is 5.75 Å². The minimum absolute atomic E-state index is 0.0583. The van der Waals surface area contributed by atoms with Crippen LogP contribution in [-0.4, -0.2) is 32.8 Å². The van der Waals surface area contributed by atoms with E-state index < -0.39 is 0 Å². The molecule has 0 bridgehead atoms. The van der Waals surface area contributed by atoms with Gasteiger partial charge in [0.15, 0.2) is 5.96 Å². The number of hydrogen-bond acceptors (Lipinski definition) is 3. The lowest BCUT2D eigenvalue weighted by atomic mass is 9.74. The van der Waals surface area contributed by atoms with Gasteiger partial charge < -0.3 is 20.5 Å². The molecule has 2 aromatic carbocycles.